The fourth-order valence-corrected chi connectivity index (χ4v) is 2.88. The Labute approximate surface area is 140 Å². The normalized spacial score (nSPS) is 13.9. The third-order valence-electron chi connectivity index (χ3n) is 3.89. The maximum atomic E-state index is 12.6. The second-order valence-corrected chi connectivity index (χ2v) is 5.95. The number of halogens is 1. The average Bonchev–Trinajstić information content (AvgIpc) is 3.09. The molecule has 4 nitrogen and oxygen atoms in total. The molecule has 0 atom stereocenters. The predicted molar refractivity (Wildman–Crippen MR) is 91.0 cm³/mol. The highest BCUT2D eigenvalue weighted by molar-refractivity contribution is 6.31. The van der Waals surface area contributed by atoms with E-state index in [1.165, 1.54) is 0 Å². The van der Waals surface area contributed by atoms with Crippen molar-refractivity contribution < 1.29 is 9.59 Å². The molecule has 2 amide bonds. The van der Waals surface area contributed by atoms with Crippen LogP contribution in [0.2, 0.25) is 5.02 Å². The number of carbonyl (C=O) groups is 2. The Morgan fingerprint density at radius 1 is 1.00 bits per heavy atom. The highest BCUT2D eigenvalue weighted by atomic mass is 35.5. The molecule has 2 aromatic carbocycles. The highest BCUT2D eigenvalue weighted by Crippen LogP contribution is 2.21. The summed E-state index contributed by atoms with van der Waals surface area (Å²) in [6.45, 7) is 1.55. The zero-order valence-electron chi connectivity index (χ0n) is 12.6. The van der Waals surface area contributed by atoms with Crippen molar-refractivity contribution in [2.24, 2.45) is 0 Å². The highest BCUT2D eigenvalue weighted by Gasteiger charge is 2.22. The Hall–Kier alpha value is -2.33. The average molecular weight is 329 g/mol. The third-order valence-corrected chi connectivity index (χ3v) is 4.12. The number of anilines is 1. The van der Waals surface area contributed by atoms with Crippen LogP contribution in [0, 0.1) is 0 Å². The maximum Gasteiger partial charge on any atom is 0.255 e. The summed E-state index contributed by atoms with van der Waals surface area (Å²) in [5, 5.41) is 3.31. The molecule has 0 aliphatic carbocycles. The molecule has 0 bridgehead atoms. The topological polar surface area (TPSA) is 49.4 Å². The summed E-state index contributed by atoms with van der Waals surface area (Å²) in [6.07, 6.45) is 2.06. The number of amides is 2. The molecular formula is C18H17ClN2O2. The quantitative estimate of drug-likeness (QED) is 0.931. The van der Waals surface area contributed by atoms with E-state index in [0.717, 1.165) is 25.9 Å². The minimum atomic E-state index is -0.283. The number of nitrogens with zero attached hydrogens (tertiary/aromatic N) is 1. The molecule has 0 saturated carbocycles. The Bertz CT molecular complexity index is 739. The van der Waals surface area contributed by atoms with Crippen LogP contribution >= 0.6 is 11.6 Å². The van der Waals surface area contributed by atoms with Crippen LogP contribution in [0.25, 0.3) is 0 Å². The molecule has 118 valence electrons. The fourth-order valence-electron chi connectivity index (χ4n) is 2.69. The molecule has 1 aliphatic rings. The van der Waals surface area contributed by atoms with Gasteiger partial charge < -0.3 is 10.2 Å². The smallest absolute Gasteiger partial charge is 0.255 e. The van der Waals surface area contributed by atoms with Crippen molar-refractivity contribution in [3.8, 4) is 0 Å². The van der Waals surface area contributed by atoms with Gasteiger partial charge in [0.15, 0.2) is 0 Å². The van der Waals surface area contributed by atoms with E-state index in [0.29, 0.717) is 21.8 Å². The van der Waals surface area contributed by atoms with E-state index >= 15 is 0 Å². The van der Waals surface area contributed by atoms with Crippen molar-refractivity contribution in [1.29, 1.82) is 0 Å². The van der Waals surface area contributed by atoms with Gasteiger partial charge >= 0.3 is 0 Å². The first-order chi connectivity index (χ1) is 11.1. The lowest BCUT2D eigenvalue weighted by Gasteiger charge is -2.18. The predicted octanol–water partition coefficient (Wildman–Crippen LogP) is 3.83. The maximum absolute atomic E-state index is 12.6. The molecule has 2 aromatic rings. The van der Waals surface area contributed by atoms with Crippen LogP contribution in [0.5, 0.6) is 0 Å². The van der Waals surface area contributed by atoms with Gasteiger partial charge in [0.1, 0.15) is 0 Å². The zero-order chi connectivity index (χ0) is 16.2. The number of rotatable bonds is 3. The Morgan fingerprint density at radius 2 is 1.74 bits per heavy atom. The van der Waals surface area contributed by atoms with Gasteiger partial charge in [-0.1, -0.05) is 29.8 Å². The van der Waals surface area contributed by atoms with Crippen molar-refractivity contribution in [3.63, 3.8) is 0 Å². The van der Waals surface area contributed by atoms with E-state index in [9.17, 15) is 9.59 Å². The summed E-state index contributed by atoms with van der Waals surface area (Å²) < 4.78 is 0. The van der Waals surface area contributed by atoms with Gasteiger partial charge in [-0.15, -0.1) is 0 Å². The molecule has 1 saturated heterocycles. The van der Waals surface area contributed by atoms with Crippen molar-refractivity contribution in [1.82, 2.24) is 4.90 Å². The summed E-state index contributed by atoms with van der Waals surface area (Å²) in [7, 11) is 0. The van der Waals surface area contributed by atoms with Crippen LogP contribution < -0.4 is 5.32 Å². The van der Waals surface area contributed by atoms with Crippen molar-refractivity contribution >= 4 is 29.1 Å². The number of benzene rings is 2. The Kier molecular flexibility index (Phi) is 4.63. The summed E-state index contributed by atoms with van der Waals surface area (Å²) >= 11 is 5.92. The first-order valence-electron chi connectivity index (χ1n) is 7.60. The van der Waals surface area contributed by atoms with Gasteiger partial charge in [0.25, 0.3) is 11.8 Å². The Morgan fingerprint density at radius 3 is 2.48 bits per heavy atom. The molecular weight excluding hydrogens is 312 g/mol. The fraction of sp³-hybridized carbons (Fsp3) is 0.222. The number of hydrogen-bond acceptors (Lipinski definition) is 2. The van der Waals surface area contributed by atoms with Crippen LogP contribution in [0.4, 0.5) is 5.69 Å². The lowest BCUT2D eigenvalue weighted by molar-refractivity contribution is 0.0794. The van der Waals surface area contributed by atoms with Crippen molar-refractivity contribution in [2.45, 2.75) is 12.8 Å². The van der Waals surface area contributed by atoms with Gasteiger partial charge in [-0.2, -0.15) is 0 Å². The van der Waals surface area contributed by atoms with E-state index in [1.54, 1.807) is 48.5 Å². The van der Waals surface area contributed by atoms with Gasteiger partial charge in [-0.3, -0.25) is 9.59 Å². The molecule has 0 radical (unpaired) electrons. The monoisotopic (exact) mass is 328 g/mol. The molecule has 1 aliphatic heterocycles. The van der Waals surface area contributed by atoms with Crippen molar-refractivity contribution in [3.05, 3.63) is 64.7 Å². The van der Waals surface area contributed by atoms with Gasteiger partial charge in [0.2, 0.25) is 0 Å². The molecule has 1 N–H and O–H groups in total. The Balaban J connectivity index is 1.83. The van der Waals surface area contributed by atoms with Gasteiger partial charge in [-0.05, 0) is 43.2 Å². The SMILES string of the molecule is O=C(Nc1ccccc1C(=O)N1CCCC1)c1cccc(Cl)c1. The lowest BCUT2D eigenvalue weighted by Crippen LogP contribution is -2.28. The minimum Gasteiger partial charge on any atom is -0.339 e. The van der Waals surface area contributed by atoms with Crippen LogP contribution in [-0.4, -0.2) is 29.8 Å². The molecule has 23 heavy (non-hydrogen) atoms. The van der Waals surface area contributed by atoms with Crippen LogP contribution in [-0.2, 0) is 0 Å². The molecule has 1 heterocycles. The zero-order valence-corrected chi connectivity index (χ0v) is 13.3. The number of nitrogens with one attached hydrogen (secondary N) is 1. The molecule has 3 rings (SSSR count). The number of para-hydroxylation sites is 1. The molecule has 0 spiro atoms. The van der Waals surface area contributed by atoms with E-state index in [1.807, 2.05) is 4.90 Å². The number of likely N-dealkylation sites (tertiary alicyclic amines) is 1. The molecule has 0 aromatic heterocycles. The van der Waals surface area contributed by atoms with Gasteiger partial charge in [-0.25, -0.2) is 0 Å². The minimum absolute atomic E-state index is 0.0375. The van der Waals surface area contributed by atoms with Crippen LogP contribution in [0.1, 0.15) is 33.6 Å². The van der Waals surface area contributed by atoms with E-state index in [-0.39, 0.29) is 11.8 Å². The number of hydrogen-bond donors (Lipinski definition) is 1. The molecule has 0 unspecified atom stereocenters. The van der Waals surface area contributed by atoms with Gasteiger partial charge in [0.05, 0.1) is 11.3 Å². The summed E-state index contributed by atoms with van der Waals surface area (Å²) in [6, 6.07) is 13.8. The van der Waals surface area contributed by atoms with Crippen LogP contribution in [0.3, 0.4) is 0 Å². The van der Waals surface area contributed by atoms with Gasteiger partial charge in [0, 0.05) is 23.7 Å². The summed E-state index contributed by atoms with van der Waals surface area (Å²) in [4.78, 5) is 26.8. The second-order valence-electron chi connectivity index (χ2n) is 5.51. The van der Waals surface area contributed by atoms with Crippen molar-refractivity contribution in [2.75, 3.05) is 18.4 Å². The lowest BCUT2D eigenvalue weighted by atomic mass is 10.1. The standard InChI is InChI=1S/C18H17ClN2O2/c19-14-7-5-6-13(12-14)17(22)20-16-9-2-1-8-15(16)18(23)21-10-3-4-11-21/h1-2,5-9,12H,3-4,10-11H2,(H,20,22). The second kappa shape index (κ2) is 6.84. The number of carbonyl (C=O) groups excluding carboxylic acids is 2. The molecule has 1 fully saturated rings. The molecule has 5 heteroatoms. The summed E-state index contributed by atoms with van der Waals surface area (Å²) in [5.74, 6) is -0.321. The largest absolute Gasteiger partial charge is 0.339 e. The van der Waals surface area contributed by atoms with E-state index in [2.05, 4.69) is 5.32 Å². The first kappa shape index (κ1) is 15.6. The van der Waals surface area contributed by atoms with E-state index in [4.69, 9.17) is 11.6 Å². The third kappa shape index (κ3) is 3.54. The van der Waals surface area contributed by atoms with Crippen LogP contribution in [0.15, 0.2) is 48.5 Å². The summed E-state index contributed by atoms with van der Waals surface area (Å²) in [5.41, 5.74) is 1.50. The van der Waals surface area contributed by atoms with E-state index < -0.39 is 0 Å². The first-order valence-corrected chi connectivity index (χ1v) is 7.98.